The predicted octanol–water partition coefficient (Wildman–Crippen LogP) is 4.40. The Kier molecular flexibility index (Phi) is 3.44. The van der Waals surface area contributed by atoms with E-state index in [1.54, 1.807) is 18.3 Å². The molecule has 26 heavy (non-hydrogen) atoms. The van der Waals surface area contributed by atoms with E-state index >= 15 is 0 Å². The molecule has 130 valence electrons. The maximum absolute atomic E-state index is 12.9. The number of aromatic amines is 1. The first-order chi connectivity index (χ1) is 12.4. The van der Waals surface area contributed by atoms with Crippen molar-refractivity contribution >= 4 is 10.9 Å². The molecule has 2 heterocycles. The van der Waals surface area contributed by atoms with Crippen LogP contribution in [0, 0.1) is 11.3 Å². The lowest BCUT2D eigenvalue weighted by atomic mass is 9.85. The van der Waals surface area contributed by atoms with Crippen LogP contribution in [0.15, 0.2) is 60.1 Å². The van der Waals surface area contributed by atoms with Gasteiger partial charge in [-0.15, -0.1) is 0 Å². The lowest BCUT2D eigenvalue weighted by Gasteiger charge is -2.16. The van der Waals surface area contributed by atoms with Gasteiger partial charge in [0.15, 0.2) is 0 Å². The van der Waals surface area contributed by atoms with Crippen molar-refractivity contribution in [3.8, 4) is 11.8 Å². The van der Waals surface area contributed by atoms with Gasteiger partial charge >= 0.3 is 6.18 Å². The van der Waals surface area contributed by atoms with Gasteiger partial charge in [0, 0.05) is 17.1 Å². The van der Waals surface area contributed by atoms with Gasteiger partial charge in [0.1, 0.15) is 17.4 Å². The minimum Gasteiger partial charge on any atom is -0.440 e. The predicted molar refractivity (Wildman–Crippen MR) is 89.0 cm³/mol. The van der Waals surface area contributed by atoms with E-state index in [2.05, 4.69) is 4.98 Å². The van der Waals surface area contributed by atoms with Gasteiger partial charge in [-0.2, -0.15) is 18.4 Å². The molecule has 0 spiro atoms. The maximum Gasteiger partial charge on any atom is 0.416 e. The van der Waals surface area contributed by atoms with Crippen molar-refractivity contribution < 1.29 is 17.9 Å². The highest BCUT2D eigenvalue weighted by molar-refractivity contribution is 5.91. The molecule has 7 heteroatoms. The van der Waals surface area contributed by atoms with Gasteiger partial charge in [-0.3, -0.25) is 0 Å². The number of ether oxygens (including phenoxy) is 1. The third kappa shape index (κ3) is 2.39. The van der Waals surface area contributed by atoms with E-state index in [0.717, 1.165) is 28.6 Å². The van der Waals surface area contributed by atoms with Crippen molar-refractivity contribution in [1.29, 1.82) is 5.26 Å². The molecule has 3 N–H and O–H groups in total. The van der Waals surface area contributed by atoms with Crippen LogP contribution < -0.4 is 10.5 Å². The molecule has 1 aromatic heterocycles. The number of nitrogens with one attached hydrogen (secondary N) is 1. The largest absolute Gasteiger partial charge is 0.440 e. The summed E-state index contributed by atoms with van der Waals surface area (Å²) in [6, 6.07) is 12.2. The van der Waals surface area contributed by atoms with Crippen molar-refractivity contribution in [2.45, 2.75) is 12.1 Å². The molecule has 0 radical (unpaired) electrons. The number of nitrogens with two attached hydrogens (primary N) is 1. The quantitative estimate of drug-likeness (QED) is 0.679. The van der Waals surface area contributed by atoms with Crippen LogP contribution in [0.1, 0.15) is 22.6 Å². The fourth-order valence-electron chi connectivity index (χ4n) is 3.29. The minimum absolute atomic E-state index is 0.0545. The lowest BCUT2D eigenvalue weighted by Crippen LogP contribution is -2.13. The molecule has 0 fully saturated rings. The van der Waals surface area contributed by atoms with Crippen molar-refractivity contribution in [2.75, 3.05) is 0 Å². The Balaban J connectivity index is 1.95. The van der Waals surface area contributed by atoms with Crippen LogP contribution in [0.25, 0.3) is 10.9 Å². The molecule has 0 amide bonds. The number of H-pyrrole nitrogens is 1. The van der Waals surface area contributed by atoms with Gasteiger partial charge < -0.3 is 15.5 Å². The summed E-state index contributed by atoms with van der Waals surface area (Å²) in [5.74, 6) is -0.181. The van der Waals surface area contributed by atoms with Crippen LogP contribution >= 0.6 is 0 Å². The van der Waals surface area contributed by atoms with Gasteiger partial charge in [0.25, 0.3) is 0 Å². The van der Waals surface area contributed by atoms with Crippen LogP contribution in [0.3, 0.4) is 0 Å². The summed E-state index contributed by atoms with van der Waals surface area (Å²) in [5.41, 5.74) is 7.43. The topological polar surface area (TPSA) is 74.8 Å². The molecule has 4 nitrogen and oxygen atoms in total. The van der Waals surface area contributed by atoms with Gasteiger partial charge in [-0.25, -0.2) is 0 Å². The Morgan fingerprint density at radius 2 is 1.85 bits per heavy atom. The highest BCUT2D eigenvalue weighted by atomic mass is 19.4. The highest BCUT2D eigenvalue weighted by Crippen LogP contribution is 2.43. The van der Waals surface area contributed by atoms with Gasteiger partial charge in [-0.1, -0.05) is 18.2 Å². The lowest BCUT2D eigenvalue weighted by molar-refractivity contribution is -0.137. The zero-order chi connectivity index (χ0) is 18.5. The number of halogens is 3. The van der Waals surface area contributed by atoms with Crippen molar-refractivity contribution in [3.05, 3.63) is 76.8 Å². The first-order valence-corrected chi connectivity index (χ1v) is 7.75. The van der Waals surface area contributed by atoms with Crippen LogP contribution in [0.4, 0.5) is 13.2 Å². The van der Waals surface area contributed by atoms with Crippen molar-refractivity contribution in [1.82, 2.24) is 4.98 Å². The zero-order valence-corrected chi connectivity index (χ0v) is 13.3. The molecule has 2 aromatic carbocycles. The standard InChI is InChI=1S/C19H12F3N3O/c20-19(21,22)11-6-4-10(5-7-11)16-12(8-23)18(24)26-15-3-1-2-14-17(15)13(16)9-25-14/h1-7,9,16,25H,24H2. The molecule has 0 bridgehead atoms. The van der Waals surface area contributed by atoms with Crippen LogP contribution in [0.2, 0.25) is 0 Å². The minimum atomic E-state index is -4.42. The Labute approximate surface area is 146 Å². The number of hydrogen-bond acceptors (Lipinski definition) is 3. The van der Waals surface area contributed by atoms with E-state index in [1.165, 1.54) is 12.1 Å². The van der Waals surface area contributed by atoms with Crippen molar-refractivity contribution in [2.24, 2.45) is 5.73 Å². The molecule has 0 aliphatic carbocycles. The second kappa shape index (κ2) is 5.56. The second-order valence-corrected chi connectivity index (χ2v) is 5.97. The summed E-state index contributed by atoms with van der Waals surface area (Å²) < 4.78 is 44.2. The third-order valence-electron chi connectivity index (χ3n) is 4.47. The van der Waals surface area contributed by atoms with Gasteiger partial charge in [0.2, 0.25) is 5.88 Å². The summed E-state index contributed by atoms with van der Waals surface area (Å²) in [7, 11) is 0. The molecule has 4 rings (SSSR count). The summed E-state index contributed by atoms with van der Waals surface area (Å²) in [6.45, 7) is 0. The van der Waals surface area contributed by atoms with Gasteiger partial charge in [0.05, 0.1) is 11.5 Å². The fourth-order valence-corrected chi connectivity index (χ4v) is 3.29. The fraction of sp³-hybridized carbons (Fsp3) is 0.105. The number of hydrogen-bond donors (Lipinski definition) is 2. The van der Waals surface area contributed by atoms with E-state index in [4.69, 9.17) is 10.5 Å². The number of rotatable bonds is 1. The SMILES string of the molecule is N#CC1=C(N)Oc2cccc3[nH]cc(c23)C1c1ccc(C(F)(F)F)cc1. The van der Waals surface area contributed by atoms with Crippen LogP contribution in [0.5, 0.6) is 5.75 Å². The van der Waals surface area contributed by atoms with Crippen LogP contribution in [-0.4, -0.2) is 4.98 Å². The summed E-state index contributed by atoms with van der Waals surface area (Å²) in [5, 5.41) is 10.4. The maximum atomic E-state index is 12.9. The Morgan fingerprint density at radius 3 is 2.50 bits per heavy atom. The Bertz CT molecular complexity index is 1070. The number of benzene rings is 2. The first kappa shape index (κ1) is 16.1. The third-order valence-corrected chi connectivity index (χ3v) is 4.47. The van der Waals surface area contributed by atoms with Gasteiger partial charge in [-0.05, 0) is 35.4 Å². The Hall–Kier alpha value is -3.40. The van der Waals surface area contributed by atoms with E-state index < -0.39 is 17.7 Å². The molecule has 1 aliphatic rings. The number of aromatic nitrogens is 1. The molecule has 1 atom stereocenters. The highest BCUT2D eigenvalue weighted by Gasteiger charge is 2.33. The molecular weight excluding hydrogens is 343 g/mol. The molecule has 0 saturated heterocycles. The summed E-state index contributed by atoms with van der Waals surface area (Å²) in [6.07, 6.45) is -2.69. The zero-order valence-electron chi connectivity index (χ0n) is 13.3. The van der Waals surface area contributed by atoms with E-state index in [0.29, 0.717) is 11.3 Å². The number of nitriles is 1. The van der Waals surface area contributed by atoms with E-state index in [1.807, 2.05) is 12.1 Å². The van der Waals surface area contributed by atoms with Crippen molar-refractivity contribution in [3.63, 3.8) is 0 Å². The molecule has 0 saturated carbocycles. The molecular formula is C19H12F3N3O. The van der Waals surface area contributed by atoms with E-state index in [-0.39, 0.29) is 11.5 Å². The number of allylic oxidation sites excluding steroid dienone is 1. The molecule has 1 unspecified atom stereocenters. The monoisotopic (exact) mass is 355 g/mol. The average Bonchev–Trinajstić information content (AvgIpc) is 2.98. The molecule has 1 aliphatic heterocycles. The normalized spacial score (nSPS) is 16.9. The smallest absolute Gasteiger partial charge is 0.416 e. The second-order valence-electron chi connectivity index (χ2n) is 5.97. The van der Waals surface area contributed by atoms with E-state index in [9.17, 15) is 18.4 Å². The number of nitrogens with zero attached hydrogens (tertiary/aromatic N) is 1. The summed E-state index contributed by atoms with van der Waals surface area (Å²) in [4.78, 5) is 3.11. The first-order valence-electron chi connectivity index (χ1n) is 7.75. The number of alkyl halides is 3. The van der Waals surface area contributed by atoms with Crippen LogP contribution in [-0.2, 0) is 6.18 Å². The average molecular weight is 355 g/mol. The molecule has 3 aromatic rings. The summed E-state index contributed by atoms with van der Waals surface area (Å²) >= 11 is 0. The Morgan fingerprint density at radius 1 is 1.12 bits per heavy atom.